The maximum atomic E-state index is 12.4. The summed E-state index contributed by atoms with van der Waals surface area (Å²) in [5, 5.41) is 18.5. The number of amides is 2. The lowest BCUT2D eigenvalue weighted by Crippen LogP contribution is -2.38. The number of hydrogen-bond donors (Lipinski definition) is 3. The number of carboxylic acid groups (broad SMARTS) is 1. The fraction of sp³-hybridized carbons (Fsp3) is 0.280. The highest BCUT2D eigenvalue weighted by molar-refractivity contribution is 5.89. The van der Waals surface area contributed by atoms with E-state index in [0.29, 0.717) is 5.69 Å². The number of rotatable bonds is 8. The van der Waals surface area contributed by atoms with Crippen LogP contribution in [0.25, 0.3) is 11.1 Å². The first-order valence-corrected chi connectivity index (χ1v) is 11.0. The molecule has 2 aromatic carbocycles. The van der Waals surface area contributed by atoms with Crippen LogP contribution in [0.15, 0.2) is 54.7 Å². The van der Waals surface area contributed by atoms with E-state index in [2.05, 4.69) is 27.9 Å². The number of aryl methyl sites for hydroxylation is 1. The standard InChI is InChI=1S/C25H26N4O5/c1-15(11-23(30)26-13-22-20(24(31)32)12-27-29(22)2)28-25(33)34-14-21-18-9-5-3-7-16(18)17-8-4-6-10-19(17)21/h3-10,12,15,21H,11,13-14H2,1-2H3,(H,26,30)(H,28,33)(H,31,32)/t15-/m0/s1. The van der Waals surface area contributed by atoms with E-state index >= 15 is 0 Å². The Morgan fingerprint density at radius 1 is 1.09 bits per heavy atom. The van der Waals surface area contributed by atoms with Crippen LogP contribution in [0.3, 0.4) is 0 Å². The van der Waals surface area contributed by atoms with E-state index in [1.54, 1.807) is 14.0 Å². The summed E-state index contributed by atoms with van der Waals surface area (Å²) in [7, 11) is 1.61. The number of hydrogen-bond acceptors (Lipinski definition) is 5. The predicted molar refractivity (Wildman–Crippen MR) is 124 cm³/mol. The molecule has 3 aromatic rings. The molecule has 3 N–H and O–H groups in total. The summed E-state index contributed by atoms with van der Waals surface area (Å²) in [4.78, 5) is 35.9. The van der Waals surface area contributed by atoms with Gasteiger partial charge in [0.25, 0.3) is 0 Å². The molecule has 0 unspecified atom stereocenters. The van der Waals surface area contributed by atoms with Crippen molar-refractivity contribution in [3.05, 3.63) is 77.1 Å². The van der Waals surface area contributed by atoms with Gasteiger partial charge < -0.3 is 20.5 Å². The number of nitrogens with zero attached hydrogens (tertiary/aromatic N) is 2. The van der Waals surface area contributed by atoms with Crippen LogP contribution in [-0.2, 0) is 23.1 Å². The fourth-order valence-electron chi connectivity index (χ4n) is 4.28. The molecule has 34 heavy (non-hydrogen) atoms. The van der Waals surface area contributed by atoms with Crippen LogP contribution in [0.5, 0.6) is 0 Å². The normalized spacial score (nSPS) is 13.0. The quantitative estimate of drug-likeness (QED) is 0.473. The van der Waals surface area contributed by atoms with Crippen molar-refractivity contribution in [3.8, 4) is 11.1 Å². The van der Waals surface area contributed by atoms with Gasteiger partial charge in [-0.15, -0.1) is 0 Å². The molecule has 0 spiro atoms. The molecule has 4 rings (SSSR count). The van der Waals surface area contributed by atoms with Gasteiger partial charge in [-0.25, -0.2) is 9.59 Å². The minimum Gasteiger partial charge on any atom is -0.478 e. The highest BCUT2D eigenvalue weighted by Crippen LogP contribution is 2.44. The molecular weight excluding hydrogens is 436 g/mol. The zero-order chi connectivity index (χ0) is 24.2. The summed E-state index contributed by atoms with van der Waals surface area (Å²) in [5.41, 5.74) is 4.97. The van der Waals surface area contributed by atoms with Crippen molar-refractivity contribution in [2.45, 2.75) is 31.8 Å². The molecule has 1 aromatic heterocycles. The number of benzene rings is 2. The first-order valence-electron chi connectivity index (χ1n) is 11.0. The van der Waals surface area contributed by atoms with Crippen molar-refractivity contribution in [3.63, 3.8) is 0 Å². The van der Waals surface area contributed by atoms with Crippen LogP contribution in [-0.4, -0.2) is 45.5 Å². The monoisotopic (exact) mass is 462 g/mol. The van der Waals surface area contributed by atoms with Crippen molar-refractivity contribution in [2.24, 2.45) is 7.05 Å². The Morgan fingerprint density at radius 3 is 2.32 bits per heavy atom. The van der Waals surface area contributed by atoms with Crippen molar-refractivity contribution in [1.82, 2.24) is 20.4 Å². The van der Waals surface area contributed by atoms with E-state index in [1.807, 2.05) is 36.4 Å². The van der Waals surface area contributed by atoms with Gasteiger partial charge in [0, 0.05) is 25.4 Å². The number of carbonyl (C=O) groups is 3. The molecule has 0 radical (unpaired) electrons. The van der Waals surface area contributed by atoms with Gasteiger partial charge in [-0.2, -0.15) is 5.10 Å². The molecule has 0 fully saturated rings. The van der Waals surface area contributed by atoms with E-state index < -0.39 is 18.1 Å². The van der Waals surface area contributed by atoms with Gasteiger partial charge in [-0.3, -0.25) is 9.48 Å². The predicted octanol–water partition coefficient (Wildman–Crippen LogP) is 3.05. The molecule has 0 saturated heterocycles. The molecule has 1 aliphatic carbocycles. The Labute approximate surface area is 196 Å². The summed E-state index contributed by atoms with van der Waals surface area (Å²) in [6.07, 6.45) is 0.664. The fourth-order valence-corrected chi connectivity index (χ4v) is 4.28. The first kappa shape index (κ1) is 23.0. The highest BCUT2D eigenvalue weighted by Gasteiger charge is 2.29. The van der Waals surface area contributed by atoms with Crippen LogP contribution < -0.4 is 10.6 Å². The Morgan fingerprint density at radius 2 is 1.71 bits per heavy atom. The molecule has 2 amide bonds. The topological polar surface area (TPSA) is 123 Å². The number of aromatic carboxylic acids is 1. The van der Waals surface area contributed by atoms with E-state index in [4.69, 9.17) is 4.74 Å². The average Bonchev–Trinajstić information content (AvgIpc) is 3.34. The van der Waals surface area contributed by atoms with E-state index in [-0.39, 0.29) is 37.0 Å². The summed E-state index contributed by atoms with van der Waals surface area (Å²) in [6, 6.07) is 15.7. The second kappa shape index (κ2) is 9.78. The lowest BCUT2D eigenvalue weighted by Gasteiger charge is -2.17. The third-order valence-electron chi connectivity index (χ3n) is 5.94. The number of carbonyl (C=O) groups excluding carboxylic acids is 2. The van der Waals surface area contributed by atoms with Gasteiger partial charge in [-0.05, 0) is 29.2 Å². The zero-order valence-corrected chi connectivity index (χ0v) is 18.9. The van der Waals surface area contributed by atoms with Crippen LogP contribution in [0.1, 0.15) is 46.4 Å². The number of nitrogens with one attached hydrogen (secondary N) is 2. The van der Waals surface area contributed by atoms with Gasteiger partial charge in [0.2, 0.25) is 5.91 Å². The molecule has 0 saturated carbocycles. The van der Waals surface area contributed by atoms with E-state index in [0.717, 1.165) is 22.3 Å². The number of aromatic nitrogens is 2. The Bertz CT molecular complexity index is 1190. The molecule has 176 valence electrons. The van der Waals surface area contributed by atoms with E-state index in [1.165, 1.54) is 10.9 Å². The van der Waals surface area contributed by atoms with Crippen molar-refractivity contribution >= 4 is 18.0 Å². The number of carboxylic acids is 1. The third-order valence-corrected chi connectivity index (χ3v) is 5.94. The van der Waals surface area contributed by atoms with E-state index in [9.17, 15) is 19.5 Å². The summed E-state index contributed by atoms with van der Waals surface area (Å²) >= 11 is 0. The average molecular weight is 463 g/mol. The van der Waals surface area contributed by atoms with Gasteiger partial charge in [0.15, 0.2) is 0 Å². The van der Waals surface area contributed by atoms with Gasteiger partial charge in [0.1, 0.15) is 12.2 Å². The SMILES string of the molecule is C[C@@H](CC(=O)NCc1c(C(=O)O)cnn1C)NC(=O)OCC1c2ccccc2-c2ccccc21. The second-order valence-electron chi connectivity index (χ2n) is 8.29. The smallest absolute Gasteiger partial charge is 0.407 e. The lowest BCUT2D eigenvalue weighted by atomic mass is 9.98. The van der Waals surface area contributed by atoms with Gasteiger partial charge >= 0.3 is 12.1 Å². The highest BCUT2D eigenvalue weighted by atomic mass is 16.5. The van der Waals surface area contributed by atoms with Crippen molar-refractivity contribution in [1.29, 1.82) is 0 Å². The molecular formula is C25H26N4O5. The van der Waals surface area contributed by atoms with Gasteiger partial charge in [-0.1, -0.05) is 48.5 Å². The first-order chi connectivity index (χ1) is 16.3. The Hall–Kier alpha value is -4.14. The minimum absolute atomic E-state index is 0.0183. The Balaban J connectivity index is 1.27. The molecule has 1 heterocycles. The largest absolute Gasteiger partial charge is 0.478 e. The summed E-state index contributed by atoms with van der Waals surface area (Å²) in [6.45, 7) is 1.92. The number of ether oxygens (including phenoxy) is 1. The van der Waals surface area contributed by atoms with Crippen molar-refractivity contribution in [2.75, 3.05) is 6.61 Å². The third kappa shape index (κ3) is 4.78. The number of fused-ring (bicyclic) bond motifs is 3. The molecule has 1 aliphatic rings. The second-order valence-corrected chi connectivity index (χ2v) is 8.29. The van der Waals surface area contributed by atoms with Crippen LogP contribution in [0.4, 0.5) is 4.79 Å². The molecule has 0 aliphatic heterocycles. The lowest BCUT2D eigenvalue weighted by molar-refractivity contribution is -0.121. The minimum atomic E-state index is -1.11. The number of alkyl carbamates (subject to hydrolysis) is 1. The van der Waals surface area contributed by atoms with Crippen LogP contribution in [0.2, 0.25) is 0 Å². The zero-order valence-electron chi connectivity index (χ0n) is 18.9. The maximum Gasteiger partial charge on any atom is 0.407 e. The molecule has 9 heteroatoms. The molecule has 9 nitrogen and oxygen atoms in total. The summed E-state index contributed by atoms with van der Waals surface area (Å²) in [5.74, 6) is -1.48. The maximum absolute atomic E-state index is 12.4. The van der Waals surface area contributed by atoms with Crippen molar-refractivity contribution < 1.29 is 24.2 Å². The van der Waals surface area contributed by atoms with Crippen LogP contribution in [0, 0.1) is 0 Å². The van der Waals surface area contributed by atoms with Gasteiger partial charge in [0.05, 0.1) is 18.4 Å². The van der Waals surface area contributed by atoms with Crippen LogP contribution >= 0.6 is 0 Å². The molecule has 1 atom stereocenters. The Kier molecular flexibility index (Phi) is 6.62. The summed E-state index contributed by atoms with van der Waals surface area (Å²) < 4.78 is 6.91. The molecule has 0 bridgehead atoms.